The van der Waals surface area contributed by atoms with Crippen LogP contribution in [-0.4, -0.2) is 23.2 Å². The zero-order valence-corrected chi connectivity index (χ0v) is 16.6. The van der Waals surface area contributed by atoms with E-state index in [0.29, 0.717) is 16.3 Å². The van der Waals surface area contributed by atoms with Crippen molar-refractivity contribution >= 4 is 58.6 Å². The molecule has 2 aromatic rings. The van der Waals surface area contributed by atoms with Crippen molar-refractivity contribution < 1.29 is 14.4 Å². The molecule has 138 valence electrons. The van der Waals surface area contributed by atoms with E-state index in [1.807, 2.05) is 17.6 Å². The third-order valence-electron chi connectivity index (χ3n) is 4.24. The lowest BCUT2D eigenvalue weighted by Crippen LogP contribution is -2.16. The largest absolute Gasteiger partial charge is 0.321 e. The number of hydrogen-bond acceptors (Lipinski definition) is 4. The van der Waals surface area contributed by atoms with Crippen molar-refractivity contribution in [1.82, 2.24) is 0 Å². The number of nitrogens with one attached hydrogen (secondary N) is 1. The Morgan fingerprint density at radius 1 is 1.11 bits per heavy atom. The number of allylic oxidation sites excluding steroid dienone is 1. The first kappa shape index (κ1) is 19.7. The van der Waals surface area contributed by atoms with Gasteiger partial charge in [0.25, 0.3) is 5.91 Å². The Morgan fingerprint density at radius 2 is 1.89 bits per heavy atom. The van der Waals surface area contributed by atoms with Gasteiger partial charge in [0.05, 0.1) is 21.5 Å². The maximum atomic E-state index is 12.5. The van der Waals surface area contributed by atoms with Crippen LogP contribution in [0.25, 0.3) is 0 Å². The molecule has 2 atom stereocenters. The predicted octanol–water partition coefficient (Wildman–Crippen LogP) is 5.36. The van der Waals surface area contributed by atoms with Crippen LogP contribution in [0.15, 0.2) is 47.9 Å². The second-order valence-electron chi connectivity index (χ2n) is 6.03. The average molecular weight is 420 g/mol. The SMILES string of the molecule is CC(=O)c1cc(C2C=CSC2C=O)ccc1NC(=O)c1ccc(Cl)cc1Cl. The summed E-state index contributed by atoms with van der Waals surface area (Å²) in [5.74, 6) is -0.721. The molecule has 3 rings (SSSR count). The van der Waals surface area contributed by atoms with Gasteiger partial charge >= 0.3 is 0 Å². The van der Waals surface area contributed by atoms with Crippen molar-refractivity contribution in [2.75, 3.05) is 5.32 Å². The molecule has 2 unspecified atom stereocenters. The fourth-order valence-corrected chi connectivity index (χ4v) is 4.28. The van der Waals surface area contributed by atoms with E-state index in [1.54, 1.807) is 18.2 Å². The van der Waals surface area contributed by atoms with E-state index >= 15 is 0 Å². The number of carbonyl (C=O) groups excluding carboxylic acids is 3. The van der Waals surface area contributed by atoms with Gasteiger partial charge in [-0.2, -0.15) is 0 Å². The first-order valence-corrected chi connectivity index (χ1v) is 9.79. The predicted molar refractivity (Wildman–Crippen MR) is 110 cm³/mol. The normalized spacial score (nSPS) is 18.3. The molecule has 0 aromatic heterocycles. The van der Waals surface area contributed by atoms with Crippen molar-refractivity contribution in [3.05, 3.63) is 74.6 Å². The van der Waals surface area contributed by atoms with E-state index in [-0.39, 0.29) is 27.5 Å². The van der Waals surface area contributed by atoms with Gasteiger partial charge in [0.2, 0.25) is 0 Å². The third-order valence-corrected chi connectivity index (χ3v) is 5.82. The molecular weight excluding hydrogens is 405 g/mol. The lowest BCUT2D eigenvalue weighted by molar-refractivity contribution is -0.107. The molecular formula is C20H15Cl2NO3S. The summed E-state index contributed by atoms with van der Waals surface area (Å²) in [5, 5.41) is 5.06. The second-order valence-corrected chi connectivity index (χ2v) is 7.96. The number of carbonyl (C=O) groups is 3. The number of benzene rings is 2. The molecule has 0 aliphatic carbocycles. The zero-order valence-electron chi connectivity index (χ0n) is 14.2. The van der Waals surface area contributed by atoms with E-state index in [1.165, 1.54) is 30.8 Å². The lowest BCUT2D eigenvalue weighted by Gasteiger charge is -2.17. The first-order chi connectivity index (χ1) is 12.9. The summed E-state index contributed by atoms with van der Waals surface area (Å²) < 4.78 is 0. The van der Waals surface area contributed by atoms with Crippen molar-refractivity contribution in [3.8, 4) is 0 Å². The molecule has 0 radical (unpaired) electrons. The number of halogens is 2. The average Bonchev–Trinajstić information content (AvgIpc) is 3.10. The molecule has 0 saturated heterocycles. The van der Waals surface area contributed by atoms with Crippen LogP contribution in [0.2, 0.25) is 10.0 Å². The third kappa shape index (κ3) is 4.26. The highest BCUT2D eigenvalue weighted by atomic mass is 35.5. The van der Waals surface area contributed by atoms with Gasteiger partial charge in [-0.15, -0.1) is 11.8 Å². The van der Waals surface area contributed by atoms with Gasteiger partial charge in [0.15, 0.2) is 5.78 Å². The monoisotopic (exact) mass is 419 g/mol. The van der Waals surface area contributed by atoms with E-state index in [2.05, 4.69) is 5.32 Å². The molecule has 0 bridgehead atoms. The van der Waals surface area contributed by atoms with Gasteiger partial charge in [-0.3, -0.25) is 9.59 Å². The second kappa shape index (κ2) is 8.30. The van der Waals surface area contributed by atoms with Crippen molar-refractivity contribution in [3.63, 3.8) is 0 Å². The Labute approximate surface area is 170 Å². The van der Waals surface area contributed by atoms with Crippen molar-refractivity contribution in [2.45, 2.75) is 18.1 Å². The minimum atomic E-state index is -0.436. The molecule has 2 aromatic carbocycles. The molecule has 0 saturated carbocycles. The summed E-state index contributed by atoms with van der Waals surface area (Å²) in [6.07, 6.45) is 2.84. The molecule has 1 N–H and O–H groups in total. The van der Waals surface area contributed by atoms with Crippen molar-refractivity contribution in [2.24, 2.45) is 0 Å². The molecule has 1 aliphatic rings. The maximum absolute atomic E-state index is 12.5. The van der Waals surface area contributed by atoms with Crippen LogP contribution in [0, 0.1) is 0 Å². The van der Waals surface area contributed by atoms with Gasteiger partial charge in [-0.1, -0.05) is 35.3 Å². The quantitative estimate of drug-likeness (QED) is 0.523. The van der Waals surface area contributed by atoms with E-state index in [0.717, 1.165) is 11.8 Å². The Balaban J connectivity index is 1.91. The fraction of sp³-hybridized carbons (Fsp3) is 0.150. The topological polar surface area (TPSA) is 63.2 Å². The molecule has 1 amide bonds. The number of rotatable bonds is 5. The summed E-state index contributed by atoms with van der Waals surface area (Å²) in [4.78, 5) is 35.9. The van der Waals surface area contributed by atoms with E-state index in [4.69, 9.17) is 23.2 Å². The van der Waals surface area contributed by atoms with Crippen LogP contribution < -0.4 is 5.32 Å². The summed E-state index contributed by atoms with van der Waals surface area (Å²) >= 11 is 13.4. The number of ketones is 1. The van der Waals surface area contributed by atoms with Gasteiger partial charge in [0.1, 0.15) is 6.29 Å². The standard InChI is InChI=1S/C20H15Cl2NO3S/c1-11(25)16-8-12(14-6-7-27-19(14)10-24)2-5-18(16)23-20(26)15-4-3-13(21)9-17(15)22/h2-10,14,19H,1H3,(H,23,26). The summed E-state index contributed by atoms with van der Waals surface area (Å²) in [5.41, 5.74) is 1.87. The number of amides is 1. The Bertz CT molecular complexity index is 958. The van der Waals surface area contributed by atoms with E-state index in [9.17, 15) is 14.4 Å². The molecule has 1 aliphatic heterocycles. The molecule has 0 spiro atoms. The highest BCUT2D eigenvalue weighted by Gasteiger charge is 2.26. The van der Waals surface area contributed by atoms with Crippen LogP contribution in [0.5, 0.6) is 0 Å². The minimum Gasteiger partial charge on any atom is -0.321 e. The van der Waals surface area contributed by atoms with Crippen LogP contribution >= 0.6 is 35.0 Å². The molecule has 4 nitrogen and oxygen atoms in total. The Hall–Kier alpha value is -2.08. The van der Waals surface area contributed by atoms with Crippen LogP contribution in [0.4, 0.5) is 5.69 Å². The van der Waals surface area contributed by atoms with E-state index < -0.39 is 5.91 Å². The van der Waals surface area contributed by atoms with Gasteiger partial charge in [0, 0.05) is 16.5 Å². The van der Waals surface area contributed by atoms with Gasteiger partial charge < -0.3 is 10.1 Å². The molecule has 7 heteroatoms. The zero-order chi connectivity index (χ0) is 19.6. The number of hydrogen-bond donors (Lipinski definition) is 1. The summed E-state index contributed by atoms with van der Waals surface area (Å²) in [6, 6.07) is 9.78. The first-order valence-electron chi connectivity index (χ1n) is 8.09. The highest BCUT2D eigenvalue weighted by molar-refractivity contribution is 8.03. The van der Waals surface area contributed by atoms with Crippen molar-refractivity contribution in [1.29, 1.82) is 0 Å². The minimum absolute atomic E-state index is 0.0962. The number of aldehydes is 1. The number of Topliss-reactive ketones (excluding diaryl/α,β-unsaturated/α-hetero) is 1. The molecule has 0 fully saturated rings. The highest BCUT2D eigenvalue weighted by Crippen LogP contribution is 2.37. The maximum Gasteiger partial charge on any atom is 0.257 e. The smallest absolute Gasteiger partial charge is 0.257 e. The molecule has 1 heterocycles. The number of anilines is 1. The van der Waals surface area contributed by atoms with Crippen LogP contribution in [0.3, 0.4) is 0 Å². The summed E-state index contributed by atoms with van der Waals surface area (Å²) in [7, 11) is 0. The summed E-state index contributed by atoms with van der Waals surface area (Å²) in [6.45, 7) is 1.43. The van der Waals surface area contributed by atoms with Gasteiger partial charge in [-0.25, -0.2) is 0 Å². The van der Waals surface area contributed by atoms with Gasteiger partial charge in [-0.05, 0) is 48.2 Å². The Morgan fingerprint density at radius 3 is 2.56 bits per heavy atom. The fourth-order valence-electron chi connectivity index (χ4n) is 2.87. The Kier molecular flexibility index (Phi) is 6.05. The van der Waals surface area contributed by atoms with Crippen LogP contribution in [0.1, 0.15) is 39.1 Å². The van der Waals surface area contributed by atoms with Crippen LogP contribution in [-0.2, 0) is 4.79 Å². The molecule has 27 heavy (non-hydrogen) atoms. The number of thioether (sulfide) groups is 1. The lowest BCUT2D eigenvalue weighted by atomic mass is 9.93.